The van der Waals surface area contributed by atoms with Crippen molar-refractivity contribution in [2.75, 3.05) is 25.6 Å². The number of H-pyrrole nitrogens is 1. The number of ether oxygens (including phenoxy) is 1. The Hall–Kier alpha value is -1.03. The van der Waals surface area contributed by atoms with Crippen molar-refractivity contribution in [1.82, 2.24) is 10.2 Å². The van der Waals surface area contributed by atoms with Crippen molar-refractivity contribution in [2.45, 2.75) is 26.2 Å². The van der Waals surface area contributed by atoms with Crippen LogP contribution < -0.4 is 5.32 Å². The van der Waals surface area contributed by atoms with Gasteiger partial charge in [0.1, 0.15) is 5.82 Å². The average Bonchev–Trinajstić information content (AvgIpc) is 2.66. The minimum atomic E-state index is 0.542. The van der Waals surface area contributed by atoms with Gasteiger partial charge in [-0.1, -0.05) is 13.8 Å². The molecule has 0 saturated carbocycles. The Balaban J connectivity index is 2.42. The van der Waals surface area contributed by atoms with Crippen LogP contribution in [0.2, 0.25) is 0 Å². The third-order valence-electron chi connectivity index (χ3n) is 2.35. The number of methoxy groups -OCH3 is 1. The highest BCUT2D eigenvalue weighted by molar-refractivity contribution is 5.36. The maximum Gasteiger partial charge on any atom is 0.148 e. The van der Waals surface area contributed by atoms with E-state index < -0.39 is 0 Å². The van der Waals surface area contributed by atoms with E-state index in [9.17, 15) is 0 Å². The smallest absolute Gasteiger partial charge is 0.148 e. The van der Waals surface area contributed by atoms with Crippen molar-refractivity contribution in [3.8, 4) is 0 Å². The van der Waals surface area contributed by atoms with E-state index in [1.54, 1.807) is 7.11 Å². The van der Waals surface area contributed by atoms with E-state index in [0.29, 0.717) is 12.5 Å². The molecule has 4 nitrogen and oxygen atoms in total. The highest BCUT2D eigenvalue weighted by atomic mass is 16.5. The molecular formula is C10H19N3O. The summed E-state index contributed by atoms with van der Waals surface area (Å²) < 4.78 is 4.94. The quantitative estimate of drug-likeness (QED) is 0.686. The molecule has 0 fully saturated rings. The predicted octanol–water partition coefficient (Wildman–Crippen LogP) is 1.98. The highest BCUT2D eigenvalue weighted by Gasteiger charge is 2.06. The molecule has 1 rings (SSSR count). The lowest BCUT2D eigenvalue weighted by Crippen LogP contribution is -2.07. The standard InChI is InChI=1S/C10H19N3O/c1-4-8(2)9-7-10(13-12-9)11-5-6-14-3/h7-8H,4-6H2,1-3H3,(H2,11,12,13). The Bertz CT molecular complexity index is 260. The molecule has 0 aliphatic carbocycles. The van der Waals surface area contributed by atoms with Gasteiger partial charge >= 0.3 is 0 Å². The van der Waals surface area contributed by atoms with Gasteiger partial charge in [0.05, 0.1) is 6.61 Å². The summed E-state index contributed by atoms with van der Waals surface area (Å²) in [6.45, 7) is 5.85. The molecule has 1 unspecified atom stereocenters. The Labute approximate surface area is 85.0 Å². The van der Waals surface area contributed by atoms with Gasteiger partial charge in [0.2, 0.25) is 0 Å². The van der Waals surface area contributed by atoms with E-state index in [2.05, 4.69) is 35.4 Å². The number of hydrogen-bond acceptors (Lipinski definition) is 3. The maximum absolute atomic E-state index is 4.94. The Morgan fingerprint density at radius 3 is 3.07 bits per heavy atom. The van der Waals surface area contributed by atoms with Gasteiger partial charge in [-0.2, -0.15) is 5.10 Å². The molecule has 0 saturated heterocycles. The highest BCUT2D eigenvalue weighted by Crippen LogP contribution is 2.18. The number of anilines is 1. The molecule has 1 aromatic rings. The SMILES string of the molecule is CCC(C)c1cc(NCCOC)n[nH]1. The number of hydrogen-bond donors (Lipinski definition) is 2. The van der Waals surface area contributed by atoms with Gasteiger partial charge < -0.3 is 10.1 Å². The van der Waals surface area contributed by atoms with Crippen molar-refractivity contribution >= 4 is 5.82 Å². The normalized spacial score (nSPS) is 12.8. The maximum atomic E-state index is 4.94. The molecule has 0 aromatic carbocycles. The van der Waals surface area contributed by atoms with E-state index >= 15 is 0 Å². The van der Waals surface area contributed by atoms with Crippen molar-refractivity contribution in [2.24, 2.45) is 0 Å². The van der Waals surface area contributed by atoms with Crippen LogP contribution >= 0.6 is 0 Å². The van der Waals surface area contributed by atoms with Crippen molar-refractivity contribution < 1.29 is 4.74 Å². The van der Waals surface area contributed by atoms with Gasteiger partial charge in [0.15, 0.2) is 0 Å². The lowest BCUT2D eigenvalue weighted by Gasteiger charge is -2.03. The zero-order valence-electron chi connectivity index (χ0n) is 9.13. The molecule has 0 amide bonds. The van der Waals surface area contributed by atoms with Gasteiger partial charge in [-0.3, -0.25) is 5.10 Å². The third-order valence-corrected chi connectivity index (χ3v) is 2.35. The molecule has 1 atom stereocenters. The molecule has 0 spiro atoms. The van der Waals surface area contributed by atoms with Crippen LogP contribution in [-0.4, -0.2) is 30.5 Å². The summed E-state index contributed by atoms with van der Waals surface area (Å²) in [4.78, 5) is 0. The Morgan fingerprint density at radius 1 is 1.64 bits per heavy atom. The van der Waals surface area contributed by atoms with Crippen LogP contribution in [0, 0.1) is 0 Å². The molecule has 14 heavy (non-hydrogen) atoms. The van der Waals surface area contributed by atoms with Crippen LogP contribution in [0.25, 0.3) is 0 Å². The first kappa shape index (κ1) is 11.0. The second-order valence-electron chi connectivity index (χ2n) is 3.44. The molecule has 0 aliphatic heterocycles. The topological polar surface area (TPSA) is 49.9 Å². The predicted molar refractivity (Wildman–Crippen MR) is 57.7 cm³/mol. The second-order valence-corrected chi connectivity index (χ2v) is 3.44. The first-order valence-corrected chi connectivity index (χ1v) is 5.06. The van der Waals surface area contributed by atoms with Crippen molar-refractivity contribution in [3.05, 3.63) is 11.8 Å². The molecule has 80 valence electrons. The molecule has 4 heteroatoms. The third kappa shape index (κ3) is 3.03. The zero-order chi connectivity index (χ0) is 10.4. The summed E-state index contributed by atoms with van der Waals surface area (Å²) in [6, 6.07) is 2.06. The molecule has 1 heterocycles. The second kappa shape index (κ2) is 5.65. The summed E-state index contributed by atoms with van der Waals surface area (Å²) in [7, 11) is 1.69. The molecule has 2 N–H and O–H groups in total. The lowest BCUT2D eigenvalue weighted by atomic mass is 10.1. The van der Waals surface area contributed by atoms with Gasteiger partial charge in [-0.05, 0) is 12.3 Å². The number of aromatic amines is 1. The van der Waals surface area contributed by atoms with Gasteiger partial charge in [-0.25, -0.2) is 0 Å². The first-order chi connectivity index (χ1) is 6.77. The number of nitrogens with zero attached hydrogens (tertiary/aromatic N) is 1. The van der Waals surface area contributed by atoms with E-state index in [0.717, 1.165) is 18.8 Å². The minimum Gasteiger partial charge on any atom is -0.383 e. The van der Waals surface area contributed by atoms with E-state index in [4.69, 9.17) is 4.74 Å². The first-order valence-electron chi connectivity index (χ1n) is 5.06. The zero-order valence-corrected chi connectivity index (χ0v) is 9.13. The average molecular weight is 197 g/mol. The molecular weight excluding hydrogens is 178 g/mol. The van der Waals surface area contributed by atoms with Crippen molar-refractivity contribution in [1.29, 1.82) is 0 Å². The van der Waals surface area contributed by atoms with Crippen LogP contribution in [0.3, 0.4) is 0 Å². The monoisotopic (exact) mass is 197 g/mol. The summed E-state index contributed by atoms with van der Waals surface area (Å²) >= 11 is 0. The van der Waals surface area contributed by atoms with Crippen LogP contribution in [0.5, 0.6) is 0 Å². The molecule has 0 radical (unpaired) electrons. The van der Waals surface area contributed by atoms with Crippen LogP contribution in [0.4, 0.5) is 5.82 Å². The summed E-state index contributed by atoms with van der Waals surface area (Å²) in [6.07, 6.45) is 1.12. The van der Waals surface area contributed by atoms with E-state index in [1.807, 2.05) is 0 Å². The van der Waals surface area contributed by atoms with Gasteiger partial charge in [0.25, 0.3) is 0 Å². The minimum absolute atomic E-state index is 0.542. The summed E-state index contributed by atoms with van der Waals surface area (Å²) in [5.41, 5.74) is 1.19. The fraction of sp³-hybridized carbons (Fsp3) is 0.700. The van der Waals surface area contributed by atoms with Gasteiger partial charge in [-0.15, -0.1) is 0 Å². The van der Waals surface area contributed by atoms with Crippen LogP contribution in [0.1, 0.15) is 31.9 Å². The van der Waals surface area contributed by atoms with Gasteiger partial charge in [0, 0.05) is 25.4 Å². The number of nitrogens with one attached hydrogen (secondary N) is 2. The van der Waals surface area contributed by atoms with Crippen LogP contribution in [-0.2, 0) is 4.74 Å². The molecule has 1 aromatic heterocycles. The van der Waals surface area contributed by atoms with Crippen molar-refractivity contribution in [3.63, 3.8) is 0 Å². The fourth-order valence-electron chi connectivity index (χ4n) is 1.18. The number of aromatic nitrogens is 2. The lowest BCUT2D eigenvalue weighted by molar-refractivity contribution is 0.210. The van der Waals surface area contributed by atoms with E-state index in [1.165, 1.54) is 5.69 Å². The molecule has 0 aliphatic rings. The largest absolute Gasteiger partial charge is 0.383 e. The summed E-state index contributed by atoms with van der Waals surface area (Å²) in [5, 5.41) is 10.4. The Morgan fingerprint density at radius 2 is 2.43 bits per heavy atom. The van der Waals surface area contributed by atoms with Crippen LogP contribution in [0.15, 0.2) is 6.07 Å². The molecule has 0 bridgehead atoms. The fourth-order valence-corrected chi connectivity index (χ4v) is 1.18. The number of rotatable bonds is 6. The Kier molecular flexibility index (Phi) is 4.46. The van der Waals surface area contributed by atoms with E-state index in [-0.39, 0.29) is 0 Å². The summed E-state index contributed by atoms with van der Waals surface area (Å²) in [5.74, 6) is 1.44.